The Morgan fingerprint density at radius 3 is 2.96 bits per heavy atom. The number of nitrogens with one attached hydrogen (secondary N) is 1. The standard InChI is InChI=1S/C19H26N4OS/c1-15-4-3-9-23(13-15)10-11-24-18-7-5-17(6-8-18)12-20-22-19-21-16(2)14-25-19/h5-8,12,14-15H,3-4,9-11,13H2,1-2H3,(H,21,22). The van der Waals surface area contributed by atoms with E-state index in [4.69, 9.17) is 4.74 Å². The minimum absolute atomic E-state index is 0.741. The fourth-order valence-corrected chi connectivity index (χ4v) is 3.64. The molecule has 1 aliphatic heterocycles. The van der Waals surface area contributed by atoms with E-state index < -0.39 is 0 Å². The van der Waals surface area contributed by atoms with Crippen LogP contribution < -0.4 is 10.2 Å². The Kier molecular flexibility index (Phi) is 6.42. The number of likely N-dealkylation sites (tertiary alicyclic amines) is 1. The predicted molar refractivity (Wildman–Crippen MR) is 105 cm³/mol. The van der Waals surface area contributed by atoms with Gasteiger partial charge in [-0.2, -0.15) is 5.10 Å². The Bertz CT molecular complexity index is 683. The summed E-state index contributed by atoms with van der Waals surface area (Å²) in [6, 6.07) is 8.01. The summed E-state index contributed by atoms with van der Waals surface area (Å²) >= 11 is 1.55. The molecular weight excluding hydrogens is 332 g/mol. The molecule has 2 aromatic rings. The fourth-order valence-electron chi connectivity index (χ4n) is 3.00. The van der Waals surface area contributed by atoms with Crippen molar-refractivity contribution in [2.24, 2.45) is 11.0 Å². The van der Waals surface area contributed by atoms with Gasteiger partial charge in [0.1, 0.15) is 12.4 Å². The van der Waals surface area contributed by atoms with Crippen LogP contribution in [-0.2, 0) is 0 Å². The minimum atomic E-state index is 0.741. The maximum Gasteiger partial charge on any atom is 0.203 e. The van der Waals surface area contributed by atoms with E-state index >= 15 is 0 Å². The summed E-state index contributed by atoms with van der Waals surface area (Å²) in [5.74, 6) is 1.72. The van der Waals surface area contributed by atoms with Gasteiger partial charge in [-0.1, -0.05) is 6.92 Å². The second-order valence-corrected chi connectivity index (χ2v) is 7.49. The van der Waals surface area contributed by atoms with E-state index in [9.17, 15) is 0 Å². The lowest BCUT2D eigenvalue weighted by atomic mass is 10.0. The topological polar surface area (TPSA) is 49.8 Å². The molecule has 134 valence electrons. The SMILES string of the molecule is Cc1csc(NN=Cc2ccc(OCCN3CCCC(C)C3)cc2)n1. The van der Waals surface area contributed by atoms with Crippen molar-refractivity contribution in [3.8, 4) is 5.75 Å². The van der Waals surface area contributed by atoms with Crippen LogP contribution in [0.1, 0.15) is 31.0 Å². The number of piperidine rings is 1. The molecule has 0 radical (unpaired) electrons. The van der Waals surface area contributed by atoms with E-state index in [0.29, 0.717) is 0 Å². The third kappa shape index (κ3) is 5.83. The second kappa shape index (κ2) is 8.97. The van der Waals surface area contributed by atoms with Gasteiger partial charge in [-0.15, -0.1) is 11.3 Å². The highest BCUT2D eigenvalue weighted by molar-refractivity contribution is 7.13. The van der Waals surface area contributed by atoms with Crippen molar-refractivity contribution in [3.05, 3.63) is 40.9 Å². The van der Waals surface area contributed by atoms with Gasteiger partial charge in [0.05, 0.1) is 11.9 Å². The summed E-state index contributed by atoms with van der Waals surface area (Å²) in [6.07, 6.45) is 4.46. The number of hydrogen-bond donors (Lipinski definition) is 1. The molecule has 0 amide bonds. The maximum absolute atomic E-state index is 5.87. The van der Waals surface area contributed by atoms with Crippen LogP contribution in [0.5, 0.6) is 5.75 Å². The first-order valence-corrected chi connectivity index (χ1v) is 9.73. The zero-order chi connectivity index (χ0) is 17.5. The van der Waals surface area contributed by atoms with Crippen LogP contribution in [0.25, 0.3) is 0 Å². The molecule has 2 heterocycles. The van der Waals surface area contributed by atoms with Gasteiger partial charge >= 0.3 is 0 Å². The first-order valence-electron chi connectivity index (χ1n) is 8.85. The predicted octanol–water partition coefficient (Wildman–Crippen LogP) is 4.01. The highest BCUT2D eigenvalue weighted by atomic mass is 32.1. The van der Waals surface area contributed by atoms with Crippen molar-refractivity contribution in [3.63, 3.8) is 0 Å². The highest BCUT2D eigenvalue weighted by Crippen LogP contribution is 2.16. The number of rotatable bonds is 7. The van der Waals surface area contributed by atoms with Gasteiger partial charge in [-0.05, 0) is 62.1 Å². The molecule has 3 rings (SSSR count). The van der Waals surface area contributed by atoms with Crippen LogP contribution in [0.4, 0.5) is 5.13 Å². The molecule has 1 aromatic carbocycles. The molecule has 1 aromatic heterocycles. The number of hydrogen-bond acceptors (Lipinski definition) is 6. The van der Waals surface area contributed by atoms with Crippen molar-refractivity contribution in [2.75, 3.05) is 31.7 Å². The number of ether oxygens (including phenoxy) is 1. The fraction of sp³-hybridized carbons (Fsp3) is 0.474. The van der Waals surface area contributed by atoms with Gasteiger partial charge in [0.15, 0.2) is 0 Å². The van der Waals surface area contributed by atoms with Crippen LogP contribution in [0, 0.1) is 12.8 Å². The minimum Gasteiger partial charge on any atom is -0.492 e. The molecule has 1 atom stereocenters. The summed E-state index contributed by atoms with van der Waals surface area (Å²) in [5.41, 5.74) is 4.97. The van der Waals surface area contributed by atoms with Gasteiger partial charge < -0.3 is 4.74 Å². The summed E-state index contributed by atoms with van der Waals surface area (Å²) in [5, 5.41) is 7.01. The van der Waals surface area contributed by atoms with E-state index in [-0.39, 0.29) is 0 Å². The maximum atomic E-state index is 5.87. The van der Waals surface area contributed by atoms with Crippen LogP contribution in [0.2, 0.25) is 0 Å². The van der Waals surface area contributed by atoms with E-state index in [2.05, 4.69) is 27.3 Å². The van der Waals surface area contributed by atoms with Gasteiger partial charge in [0.2, 0.25) is 5.13 Å². The average molecular weight is 359 g/mol. The van der Waals surface area contributed by atoms with Gasteiger partial charge in [-0.3, -0.25) is 10.3 Å². The van der Waals surface area contributed by atoms with E-state index in [1.54, 1.807) is 17.6 Å². The zero-order valence-corrected chi connectivity index (χ0v) is 15.8. The zero-order valence-electron chi connectivity index (χ0n) is 14.9. The molecule has 5 nitrogen and oxygen atoms in total. The molecule has 1 fully saturated rings. The van der Waals surface area contributed by atoms with E-state index in [1.165, 1.54) is 25.9 Å². The largest absolute Gasteiger partial charge is 0.492 e. The van der Waals surface area contributed by atoms with E-state index in [1.807, 2.05) is 36.6 Å². The molecule has 1 aliphatic rings. The van der Waals surface area contributed by atoms with Crippen molar-refractivity contribution in [1.82, 2.24) is 9.88 Å². The average Bonchev–Trinajstić information content (AvgIpc) is 3.02. The number of benzene rings is 1. The first kappa shape index (κ1) is 17.9. The lowest BCUT2D eigenvalue weighted by molar-refractivity contribution is 0.153. The van der Waals surface area contributed by atoms with Gasteiger partial charge in [0.25, 0.3) is 0 Å². The Labute approximate surface area is 153 Å². The Balaban J connectivity index is 1.40. The summed E-state index contributed by atoms with van der Waals surface area (Å²) < 4.78 is 5.87. The Morgan fingerprint density at radius 1 is 1.40 bits per heavy atom. The summed E-state index contributed by atoms with van der Waals surface area (Å²) in [4.78, 5) is 6.80. The normalized spacial score (nSPS) is 18.6. The van der Waals surface area contributed by atoms with Crippen LogP contribution in [0.15, 0.2) is 34.7 Å². The van der Waals surface area contributed by atoms with Crippen molar-refractivity contribution >= 4 is 22.7 Å². The lowest BCUT2D eigenvalue weighted by Gasteiger charge is -2.30. The molecular formula is C19H26N4OS. The third-order valence-electron chi connectivity index (χ3n) is 4.29. The van der Waals surface area contributed by atoms with Gasteiger partial charge in [-0.25, -0.2) is 4.98 Å². The molecule has 1 saturated heterocycles. The number of hydrazone groups is 1. The molecule has 0 bridgehead atoms. The first-order chi connectivity index (χ1) is 12.2. The quantitative estimate of drug-likeness (QED) is 0.600. The molecule has 0 saturated carbocycles. The molecule has 1 N–H and O–H groups in total. The molecule has 6 heteroatoms. The van der Waals surface area contributed by atoms with Gasteiger partial charge in [0, 0.05) is 18.5 Å². The van der Waals surface area contributed by atoms with E-state index in [0.717, 1.165) is 41.2 Å². The number of aromatic nitrogens is 1. The Hall–Kier alpha value is -1.92. The molecule has 25 heavy (non-hydrogen) atoms. The number of anilines is 1. The monoisotopic (exact) mass is 358 g/mol. The molecule has 0 aliphatic carbocycles. The Morgan fingerprint density at radius 2 is 2.24 bits per heavy atom. The summed E-state index contributed by atoms with van der Waals surface area (Å²) in [6.45, 7) is 8.45. The van der Waals surface area contributed by atoms with Crippen LogP contribution >= 0.6 is 11.3 Å². The van der Waals surface area contributed by atoms with Crippen molar-refractivity contribution in [1.29, 1.82) is 0 Å². The molecule has 1 unspecified atom stereocenters. The van der Waals surface area contributed by atoms with Crippen molar-refractivity contribution < 1.29 is 4.74 Å². The number of nitrogens with zero attached hydrogens (tertiary/aromatic N) is 3. The third-order valence-corrected chi connectivity index (χ3v) is 5.16. The summed E-state index contributed by atoms with van der Waals surface area (Å²) in [7, 11) is 0. The number of aryl methyl sites for hydroxylation is 1. The molecule has 0 spiro atoms. The number of thiazole rings is 1. The smallest absolute Gasteiger partial charge is 0.203 e. The van der Waals surface area contributed by atoms with Crippen LogP contribution in [0.3, 0.4) is 0 Å². The lowest BCUT2D eigenvalue weighted by Crippen LogP contribution is -2.37. The van der Waals surface area contributed by atoms with Crippen molar-refractivity contribution in [2.45, 2.75) is 26.7 Å². The second-order valence-electron chi connectivity index (χ2n) is 6.63. The van der Waals surface area contributed by atoms with Crippen LogP contribution in [-0.4, -0.2) is 42.3 Å². The highest BCUT2D eigenvalue weighted by Gasteiger charge is 2.15.